The molecule has 2 heterocycles. The Balaban J connectivity index is 1.41. The van der Waals surface area contributed by atoms with Gasteiger partial charge in [-0.15, -0.1) is 0 Å². The van der Waals surface area contributed by atoms with Crippen molar-refractivity contribution in [2.45, 2.75) is 57.9 Å². The summed E-state index contributed by atoms with van der Waals surface area (Å²) in [5, 5.41) is 0. The van der Waals surface area contributed by atoms with Crippen molar-refractivity contribution >= 4 is 5.91 Å². The van der Waals surface area contributed by atoms with Crippen LogP contribution in [-0.2, 0) is 11.2 Å². The fraction of sp³-hybridized carbons (Fsp3) is 0.708. The van der Waals surface area contributed by atoms with Gasteiger partial charge in [0, 0.05) is 32.7 Å². The molecule has 4 heteroatoms. The molecule has 1 atom stereocenters. The van der Waals surface area contributed by atoms with Gasteiger partial charge in [0.15, 0.2) is 0 Å². The van der Waals surface area contributed by atoms with Crippen molar-refractivity contribution in [2.24, 2.45) is 5.92 Å². The summed E-state index contributed by atoms with van der Waals surface area (Å²) in [7, 11) is 1.99. The van der Waals surface area contributed by atoms with E-state index < -0.39 is 0 Å². The van der Waals surface area contributed by atoms with Crippen LogP contribution in [-0.4, -0.2) is 73.0 Å². The number of unbranched alkanes of at least 4 members (excludes halogenated alkanes) is 1. The van der Waals surface area contributed by atoms with E-state index in [0.29, 0.717) is 11.9 Å². The van der Waals surface area contributed by atoms with Gasteiger partial charge in [-0.05, 0) is 63.7 Å². The molecule has 156 valence electrons. The predicted molar refractivity (Wildman–Crippen MR) is 116 cm³/mol. The second-order valence-electron chi connectivity index (χ2n) is 8.76. The van der Waals surface area contributed by atoms with Crippen molar-refractivity contribution in [1.82, 2.24) is 14.7 Å². The average molecular weight is 386 g/mol. The van der Waals surface area contributed by atoms with E-state index in [4.69, 9.17) is 0 Å². The fourth-order valence-corrected chi connectivity index (χ4v) is 4.80. The second-order valence-corrected chi connectivity index (χ2v) is 8.76. The summed E-state index contributed by atoms with van der Waals surface area (Å²) in [6.45, 7) is 8.81. The van der Waals surface area contributed by atoms with Gasteiger partial charge < -0.3 is 9.80 Å². The predicted octanol–water partition coefficient (Wildman–Crippen LogP) is 3.66. The number of hydrogen-bond donors (Lipinski definition) is 0. The zero-order valence-corrected chi connectivity index (χ0v) is 18.0. The van der Waals surface area contributed by atoms with Crippen LogP contribution in [0.4, 0.5) is 0 Å². The minimum Gasteiger partial charge on any atom is -0.345 e. The molecule has 4 nitrogen and oxygen atoms in total. The Hall–Kier alpha value is -1.39. The van der Waals surface area contributed by atoms with Gasteiger partial charge in [-0.1, -0.05) is 43.7 Å². The lowest BCUT2D eigenvalue weighted by atomic mass is 9.92. The van der Waals surface area contributed by atoms with Gasteiger partial charge in [0.1, 0.15) is 0 Å². The number of carbonyl (C=O) groups excluding carboxylic acids is 1. The molecule has 2 saturated heterocycles. The molecule has 2 fully saturated rings. The largest absolute Gasteiger partial charge is 0.345 e. The molecular formula is C24H39N3O. The van der Waals surface area contributed by atoms with Crippen molar-refractivity contribution in [2.75, 3.05) is 46.3 Å². The van der Waals surface area contributed by atoms with Crippen LogP contribution >= 0.6 is 0 Å². The molecule has 0 aromatic heterocycles. The quantitative estimate of drug-likeness (QED) is 0.683. The maximum atomic E-state index is 12.8. The average Bonchev–Trinajstić information content (AvgIpc) is 2.76. The summed E-state index contributed by atoms with van der Waals surface area (Å²) in [5.41, 5.74) is 1.44. The maximum absolute atomic E-state index is 12.8. The van der Waals surface area contributed by atoms with E-state index in [9.17, 15) is 4.79 Å². The summed E-state index contributed by atoms with van der Waals surface area (Å²) in [5.74, 6) is 0.588. The summed E-state index contributed by atoms with van der Waals surface area (Å²) in [6.07, 6.45) is 8.16. The first-order valence-corrected chi connectivity index (χ1v) is 11.4. The lowest BCUT2D eigenvalue weighted by Crippen LogP contribution is -2.51. The molecular weight excluding hydrogens is 346 g/mol. The Labute approximate surface area is 171 Å². The van der Waals surface area contributed by atoms with E-state index in [1.807, 2.05) is 11.9 Å². The number of nitrogens with zero attached hydrogens (tertiary/aromatic N) is 3. The van der Waals surface area contributed by atoms with Crippen LogP contribution < -0.4 is 0 Å². The molecule has 1 amide bonds. The van der Waals surface area contributed by atoms with Gasteiger partial charge in [0.25, 0.3) is 0 Å². The van der Waals surface area contributed by atoms with E-state index in [1.54, 1.807) is 0 Å². The molecule has 28 heavy (non-hydrogen) atoms. The van der Waals surface area contributed by atoms with Crippen LogP contribution in [0.1, 0.15) is 51.0 Å². The van der Waals surface area contributed by atoms with Gasteiger partial charge in [-0.2, -0.15) is 0 Å². The third-order valence-corrected chi connectivity index (χ3v) is 6.66. The van der Waals surface area contributed by atoms with E-state index >= 15 is 0 Å². The highest BCUT2D eigenvalue weighted by Gasteiger charge is 2.32. The fourth-order valence-electron chi connectivity index (χ4n) is 4.80. The van der Waals surface area contributed by atoms with Gasteiger partial charge in [0.2, 0.25) is 5.91 Å². The van der Waals surface area contributed by atoms with Crippen LogP contribution in [0.2, 0.25) is 0 Å². The molecule has 2 aliphatic heterocycles. The number of likely N-dealkylation sites (tertiary alicyclic amines) is 2. The highest BCUT2D eigenvalue weighted by atomic mass is 16.2. The second kappa shape index (κ2) is 11.0. The van der Waals surface area contributed by atoms with E-state index in [0.717, 1.165) is 38.8 Å². The zero-order chi connectivity index (χ0) is 19.8. The van der Waals surface area contributed by atoms with Crippen LogP contribution in [0, 0.1) is 5.92 Å². The summed E-state index contributed by atoms with van der Waals surface area (Å²) in [4.78, 5) is 20.0. The maximum Gasteiger partial charge on any atom is 0.226 e. The van der Waals surface area contributed by atoms with Crippen LogP contribution in [0.3, 0.4) is 0 Å². The first-order chi connectivity index (χ1) is 13.7. The zero-order valence-electron chi connectivity index (χ0n) is 18.0. The molecule has 2 aliphatic rings. The summed E-state index contributed by atoms with van der Waals surface area (Å²) >= 11 is 0. The van der Waals surface area contributed by atoms with Crippen LogP contribution in [0.15, 0.2) is 30.3 Å². The van der Waals surface area contributed by atoms with Gasteiger partial charge in [0.05, 0.1) is 5.92 Å². The third-order valence-electron chi connectivity index (χ3n) is 6.66. The van der Waals surface area contributed by atoms with Crippen molar-refractivity contribution < 1.29 is 4.79 Å². The third kappa shape index (κ3) is 6.05. The number of carbonyl (C=O) groups is 1. The highest BCUT2D eigenvalue weighted by molar-refractivity contribution is 5.78. The lowest BCUT2D eigenvalue weighted by Gasteiger charge is -2.42. The van der Waals surface area contributed by atoms with Crippen molar-refractivity contribution in [3.05, 3.63) is 35.9 Å². The number of rotatable bonds is 8. The molecule has 1 aromatic carbocycles. The Morgan fingerprint density at radius 3 is 2.57 bits per heavy atom. The number of hydrogen-bond acceptors (Lipinski definition) is 3. The topological polar surface area (TPSA) is 26.8 Å². The van der Waals surface area contributed by atoms with E-state index in [1.165, 1.54) is 51.0 Å². The normalized spacial score (nSPS) is 22.3. The number of piperidine rings is 2. The standard InChI is InChI=1S/C24H39N3O/c1-3-4-15-25(2)24(28)22-11-8-16-27(20-22)23-13-18-26(19-14-23)17-12-21-9-6-5-7-10-21/h5-7,9-10,22-23H,3-4,8,11-20H2,1-2H3. The smallest absolute Gasteiger partial charge is 0.226 e. The van der Waals surface area contributed by atoms with E-state index in [2.05, 4.69) is 47.1 Å². The van der Waals surface area contributed by atoms with Crippen molar-refractivity contribution in [1.29, 1.82) is 0 Å². The number of benzene rings is 1. The Morgan fingerprint density at radius 1 is 1.11 bits per heavy atom. The van der Waals surface area contributed by atoms with Gasteiger partial charge >= 0.3 is 0 Å². The molecule has 0 bridgehead atoms. The first kappa shape index (κ1) is 21.3. The van der Waals surface area contributed by atoms with Gasteiger partial charge in [-0.3, -0.25) is 9.69 Å². The monoisotopic (exact) mass is 385 g/mol. The molecule has 0 aliphatic carbocycles. The van der Waals surface area contributed by atoms with Crippen LogP contribution in [0.5, 0.6) is 0 Å². The molecule has 0 spiro atoms. The molecule has 1 aromatic rings. The van der Waals surface area contributed by atoms with Crippen molar-refractivity contribution in [3.8, 4) is 0 Å². The molecule has 0 radical (unpaired) electrons. The van der Waals surface area contributed by atoms with Gasteiger partial charge in [-0.25, -0.2) is 0 Å². The minimum atomic E-state index is 0.215. The molecule has 0 N–H and O–H groups in total. The SMILES string of the molecule is CCCCN(C)C(=O)C1CCCN(C2CCN(CCc3ccccc3)CC2)C1. The minimum absolute atomic E-state index is 0.215. The Kier molecular flexibility index (Phi) is 8.35. The molecule has 3 rings (SSSR count). The molecule has 1 unspecified atom stereocenters. The number of amides is 1. The summed E-state index contributed by atoms with van der Waals surface area (Å²) in [6, 6.07) is 11.5. The van der Waals surface area contributed by atoms with E-state index in [-0.39, 0.29) is 5.92 Å². The summed E-state index contributed by atoms with van der Waals surface area (Å²) < 4.78 is 0. The highest BCUT2D eigenvalue weighted by Crippen LogP contribution is 2.25. The van der Waals surface area contributed by atoms with Crippen LogP contribution in [0.25, 0.3) is 0 Å². The lowest BCUT2D eigenvalue weighted by molar-refractivity contribution is -0.136. The first-order valence-electron chi connectivity index (χ1n) is 11.4. The Morgan fingerprint density at radius 2 is 1.86 bits per heavy atom. The van der Waals surface area contributed by atoms with Crippen molar-refractivity contribution in [3.63, 3.8) is 0 Å². The Bertz CT molecular complexity index is 583. The molecule has 0 saturated carbocycles.